The van der Waals surface area contributed by atoms with Gasteiger partial charge in [-0.3, -0.25) is 38.4 Å². The fraction of sp³-hybridized carbons (Fsp3) is 0.556. The van der Waals surface area contributed by atoms with Crippen molar-refractivity contribution in [2.45, 2.75) is 155 Å². The Morgan fingerprint density at radius 3 is 1.92 bits per heavy atom. The number of amides is 7. The van der Waals surface area contributed by atoms with Crippen LogP contribution in [0.2, 0.25) is 0 Å². The molecule has 2 saturated heterocycles. The average Bonchev–Trinajstić information content (AvgIpc) is 4.16. The Bertz CT molecular complexity index is 2640. The highest BCUT2D eigenvalue weighted by Gasteiger charge is 2.43. The molecule has 0 spiro atoms. The van der Waals surface area contributed by atoms with Gasteiger partial charge < -0.3 is 61.1 Å². The number of para-hydroxylation sites is 1. The highest BCUT2D eigenvalue weighted by Crippen LogP contribution is 2.36. The quantitative estimate of drug-likeness (QED) is 0.0430. The number of quaternary nitrogens is 1. The number of carboxylic acids is 1. The standard InChI is InChI=1S/C54H77N9O13/c1-12-13-17-36-46(65)59-39(26-34-27-62(54(8,9)45-28-76-45)40-18-15-14-16-35(34)40)52(71)61(11)42(22-30(4)5)49(68)58-38(24-33-19-20-44(64)41(25-33)63(74)75)47(66)55-32(7)51(70)60(10)43(23-31(6)53(72)73)50(69)57-37(21-29(2)3)48(67)56-36/h12-16,18-20,25,27,29-32,36-39,42-43,45,63-64,74H,17,21-24,26,28H2,1-11H3,(H,55,66)(H,56,67)(H,57,69)(H,58,68)(H,59,65)(H,72,73)/b13-12+/t31-,32+,36+,37+,38+,39+,42+,43+,45+/m1/s1. The summed E-state index contributed by atoms with van der Waals surface area (Å²) in [6, 6.07) is 1.40. The van der Waals surface area contributed by atoms with Crippen LogP contribution in [-0.2, 0) is 61.5 Å². The maximum absolute atomic E-state index is 15.3. The number of aliphatic carboxylic acids is 1. The number of phenolic OH excluding ortho intramolecular Hbond substituents is 1. The second-order valence-corrected chi connectivity index (χ2v) is 21.5. The number of nitrogens with zero attached hydrogens (tertiary/aromatic N) is 3. The lowest BCUT2D eigenvalue weighted by Crippen LogP contribution is -2.99. The van der Waals surface area contributed by atoms with Crippen molar-refractivity contribution in [3.8, 4) is 5.75 Å². The Hall–Kier alpha value is -6.88. The number of epoxide rings is 1. The molecule has 2 fully saturated rings. The topological polar surface area (TPSA) is 309 Å². The first kappa shape index (κ1) is 60.0. The molecule has 76 heavy (non-hydrogen) atoms. The van der Waals surface area contributed by atoms with Gasteiger partial charge >= 0.3 is 5.97 Å². The minimum atomic E-state index is -1.56. The van der Waals surface area contributed by atoms with Gasteiger partial charge in [-0.1, -0.05) is 71.0 Å². The number of aromatic nitrogens is 1. The minimum absolute atomic E-state index is 0.0493. The lowest BCUT2D eigenvalue weighted by atomic mass is 9.97. The Kier molecular flexibility index (Phi) is 20.3. The Labute approximate surface area is 443 Å². The minimum Gasteiger partial charge on any atom is -0.595 e. The van der Waals surface area contributed by atoms with E-state index in [1.807, 2.05) is 72.0 Å². The number of hydrogen-bond acceptors (Lipinski definition) is 12. The van der Waals surface area contributed by atoms with Gasteiger partial charge in [0.1, 0.15) is 48.4 Å². The maximum Gasteiger partial charge on any atom is 0.306 e. The first-order chi connectivity index (χ1) is 35.7. The molecule has 0 saturated carbocycles. The molecule has 1 unspecified atom stereocenters. The predicted molar refractivity (Wildman–Crippen MR) is 280 cm³/mol. The van der Waals surface area contributed by atoms with Crippen molar-refractivity contribution in [3.05, 3.63) is 77.1 Å². The summed E-state index contributed by atoms with van der Waals surface area (Å²) in [5, 5.41) is 55.2. The van der Waals surface area contributed by atoms with E-state index < -0.39 is 124 Å². The average molecular weight is 1060 g/mol. The summed E-state index contributed by atoms with van der Waals surface area (Å²) in [6.07, 6.45) is 4.33. The van der Waals surface area contributed by atoms with Crippen molar-refractivity contribution in [3.63, 3.8) is 0 Å². The van der Waals surface area contributed by atoms with Crippen LogP contribution in [0, 0.1) is 23.0 Å². The van der Waals surface area contributed by atoms with E-state index >= 15 is 4.79 Å². The third kappa shape index (κ3) is 14.9. The van der Waals surface area contributed by atoms with Gasteiger partial charge in [0.25, 0.3) is 0 Å². The number of rotatable bonds is 16. The molecular weight excluding hydrogens is 983 g/mol. The predicted octanol–water partition coefficient (Wildman–Crippen LogP) is 1.95. The molecule has 3 heterocycles. The van der Waals surface area contributed by atoms with Crippen molar-refractivity contribution in [1.82, 2.24) is 41.0 Å². The number of fused-ring (bicyclic) bond motifs is 1. The molecule has 9 N–H and O–H groups in total. The van der Waals surface area contributed by atoms with Crippen LogP contribution in [0.15, 0.2) is 60.8 Å². The third-order valence-electron chi connectivity index (χ3n) is 14.2. The van der Waals surface area contributed by atoms with E-state index in [1.165, 1.54) is 38.9 Å². The summed E-state index contributed by atoms with van der Waals surface area (Å²) in [6.45, 7) is 16.3. The van der Waals surface area contributed by atoms with Crippen molar-refractivity contribution >= 4 is 63.9 Å². The Morgan fingerprint density at radius 1 is 0.776 bits per heavy atom. The molecular formula is C54H77N9O13. The van der Waals surface area contributed by atoms with Gasteiger partial charge in [0.05, 0.1) is 18.1 Å². The van der Waals surface area contributed by atoms with Crippen molar-refractivity contribution < 1.29 is 63.7 Å². The molecule has 0 radical (unpaired) electrons. The van der Waals surface area contributed by atoms with Crippen molar-refractivity contribution in [2.24, 2.45) is 17.8 Å². The molecule has 22 nitrogen and oxygen atoms in total. The smallest absolute Gasteiger partial charge is 0.306 e. The third-order valence-corrected chi connectivity index (χ3v) is 14.2. The van der Waals surface area contributed by atoms with Crippen LogP contribution in [0.3, 0.4) is 0 Å². The molecule has 5 rings (SSSR count). The van der Waals surface area contributed by atoms with E-state index in [-0.39, 0.29) is 55.6 Å². The zero-order valence-electron chi connectivity index (χ0n) is 45.3. The number of carboxylic acid groups (broad SMARTS) is 1. The van der Waals surface area contributed by atoms with E-state index in [9.17, 15) is 54.2 Å². The van der Waals surface area contributed by atoms with Crippen molar-refractivity contribution in [1.29, 1.82) is 0 Å². The number of aromatic hydroxyl groups is 1. The molecule has 1 aromatic heterocycles. The number of carbonyl (C=O) groups excluding carboxylic acids is 7. The Morgan fingerprint density at radius 2 is 1.33 bits per heavy atom. The van der Waals surface area contributed by atoms with Crippen LogP contribution >= 0.6 is 0 Å². The fourth-order valence-electron chi connectivity index (χ4n) is 9.53. The zero-order chi connectivity index (χ0) is 56.5. The number of allylic oxidation sites excluding steroid dienone is 1. The number of carbonyl (C=O) groups is 8. The summed E-state index contributed by atoms with van der Waals surface area (Å²) in [4.78, 5) is 117. The molecule has 7 amide bonds. The second-order valence-electron chi connectivity index (χ2n) is 21.5. The molecule has 22 heteroatoms. The molecule has 3 aromatic rings. The van der Waals surface area contributed by atoms with Gasteiger partial charge in [0, 0.05) is 50.1 Å². The zero-order valence-corrected chi connectivity index (χ0v) is 45.3. The summed E-state index contributed by atoms with van der Waals surface area (Å²) in [5.74, 6) is -9.18. The van der Waals surface area contributed by atoms with Crippen LogP contribution < -0.4 is 31.8 Å². The Balaban J connectivity index is 1.69. The number of benzene rings is 2. The molecule has 0 bridgehead atoms. The molecule has 2 aliphatic rings. The number of hydrogen-bond donors (Lipinski definition) is 9. The summed E-state index contributed by atoms with van der Waals surface area (Å²) in [5.41, 5.74) is 0.700. The van der Waals surface area contributed by atoms with Crippen LogP contribution in [0.1, 0.15) is 99.1 Å². The van der Waals surface area contributed by atoms with E-state index in [0.29, 0.717) is 12.2 Å². The number of nitrogens with one attached hydrogen (secondary N) is 6. The van der Waals surface area contributed by atoms with Crippen molar-refractivity contribution in [2.75, 3.05) is 20.7 Å². The second kappa shape index (κ2) is 25.8. The first-order valence-electron chi connectivity index (χ1n) is 25.8. The number of ether oxygens (including phenoxy) is 1. The summed E-state index contributed by atoms with van der Waals surface area (Å²) < 4.78 is 7.82. The highest BCUT2D eigenvalue weighted by molar-refractivity contribution is 5.99. The van der Waals surface area contributed by atoms with Crippen LogP contribution in [0.5, 0.6) is 5.75 Å². The lowest BCUT2D eigenvalue weighted by molar-refractivity contribution is -0.991. The van der Waals surface area contributed by atoms with Gasteiger partial charge in [0.2, 0.25) is 47.0 Å². The molecule has 2 aliphatic heterocycles. The van der Waals surface area contributed by atoms with Crippen LogP contribution in [0.25, 0.3) is 10.9 Å². The van der Waals surface area contributed by atoms with Gasteiger partial charge in [-0.25, -0.2) is 5.21 Å². The first-order valence-corrected chi connectivity index (χ1v) is 25.8. The summed E-state index contributed by atoms with van der Waals surface area (Å²) >= 11 is 0. The monoisotopic (exact) mass is 1060 g/mol. The SMILES string of the molecule is C/C=C/C[C@@H]1NC(=O)[C@H](CC(C)C)NC(=O)[C@H](C[C@@H](C)C(=O)O)N(C)C(=O)[C@H](C)NC(=O)[C@H](Cc2ccc(O)c([NH+]([O-])O)c2)NC(=O)[C@H](CC(C)C)N(C)C(=O)[C@H](Cc2cn(C(C)(C)[C@@H]3CO3)c3ccccc23)NC1=O. The van der Waals surface area contributed by atoms with Gasteiger partial charge in [-0.15, -0.1) is 0 Å². The molecule has 416 valence electrons. The van der Waals surface area contributed by atoms with Gasteiger partial charge in [-0.05, 0) is 88.5 Å². The summed E-state index contributed by atoms with van der Waals surface area (Å²) in [7, 11) is 2.66. The molecule has 2 aromatic carbocycles. The molecule has 0 aliphatic carbocycles. The van der Waals surface area contributed by atoms with Crippen LogP contribution in [-0.4, -0.2) is 146 Å². The van der Waals surface area contributed by atoms with E-state index in [0.717, 1.165) is 27.9 Å². The van der Waals surface area contributed by atoms with Gasteiger partial charge in [-0.2, -0.15) is 5.23 Å². The van der Waals surface area contributed by atoms with E-state index in [2.05, 4.69) is 31.2 Å². The fourth-order valence-corrected chi connectivity index (χ4v) is 9.53. The normalized spacial score (nSPS) is 25.0. The lowest BCUT2D eigenvalue weighted by Gasteiger charge is -2.33. The van der Waals surface area contributed by atoms with E-state index in [1.54, 1.807) is 19.1 Å². The van der Waals surface area contributed by atoms with Gasteiger partial charge in [0.15, 0.2) is 5.75 Å². The molecule has 10 atom stereocenters. The number of likely N-dealkylation sites (N-methyl/N-ethyl adjacent to an activating group) is 2. The van der Waals surface area contributed by atoms with Crippen LogP contribution in [0.4, 0.5) is 5.69 Å². The maximum atomic E-state index is 15.3. The largest absolute Gasteiger partial charge is 0.595 e. The van der Waals surface area contributed by atoms with E-state index in [4.69, 9.17) is 4.74 Å². The highest BCUT2D eigenvalue weighted by atomic mass is 16.8. The number of phenols is 1.